The number of benzene rings is 1. The predicted octanol–water partition coefficient (Wildman–Crippen LogP) is 4.45. The molecule has 7 heteroatoms. The normalized spacial score (nSPS) is 12.8. The minimum Gasteiger partial charge on any atom is -0.469 e. The van der Waals surface area contributed by atoms with Gasteiger partial charge in [-0.25, -0.2) is 0 Å². The van der Waals surface area contributed by atoms with Crippen LogP contribution in [0.1, 0.15) is 54.6 Å². The number of hydrogen-bond donors (Lipinski definition) is 1. The maximum absolute atomic E-state index is 13.5. The van der Waals surface area contributed by atoms with E-state index in [1.807, 2.05) is 58.9 Å². The first kappa shape index (κ1) is 25.9. The van der Waals surface area contributed by atoms with E-state index in [9.17, 15) is 14.4 Å². The number of nitrogens with zero attached hydrogens (tertiary/aromatic N) is 2. The number of aromatic nitrogens is 2. The van der Waals surface area contributed by atoms with Crippen LogP contribution in [-0.2, 0) is 14.3 Å². The molecule has 1 amide bonds. The summed E-state index contributed by atoms with van der Waals surface area (Å²) in [6, 6.07) is 9.92. The van der Waals surface area contributed by atoms with Gasteiger partial charge in [0.05, 0.1) is 19.6 Å². The largest absolute Gasteiger partial charge is 0.469 e. The summed E-state index contributed by atoms with van der Waals surface area (Å²) < 4.78 is 6.33. The number of rotatable bonds is 8. The molecule has 1 aromatic carbocycles. The lowest BCUT2D eigenvalue weighted by Gasteiger charge is -2.26. The van der Waals surface area contributed by atoms with Gasteiger partial charge in [-0.3, -0.25) is 19.4 Å². The fourth-order valence-corrected chi connectivity index (χ4v) is 4.38. The number of aryl methyl sites for hydroxylation is 3. The van der Waals surface area contributed by atoms with Crippen LogP contribution in [0.4, 0.5) is 0 Å². The highest BCUT2D eigenvalue weighted by Crippen LogP contribution is 2.30. The van der Waals surface area contributed by atoms with E-state index in [1.54, 1.807) is 24.7 Å². The van der Waals surface area contributed by atoms with Gasteiger partial charge in [0.2, 0.25) is 5.91 Å². The Kier molecular flexibility index (Phi) is 8.22. The third-order valence-electron chi connectivity index (χ3n) is 6.15. The van der Waals surface area contributed by atoms with Crippen molar-refractivity contribution < 1.29 is 14.3 Å². The zero-order valence-corrected chi connectivity index (χ0v) is 21.2. The summed E-state index contributed by atoms with van der Waals surface area (Å²) in [6.07, 6.45) is 5.00. The molecule has 3 aromatic rings. The molecular weight excluding hydrogens is 442 g/mol. The second kappa shape index (κ2) is 11.1. The number of amides is 1. The van der Waals surface area contributed by atoms with E-state index < -0.39 is 18.1 Å². The van der Waals surface area contributed by atoms with Crippen LogP contribution in [0.25, 0.3) is 11.1 Å². The third kappa shape index (κ3) is 6.04. The summed E-state index contributed by atoms with van der Waals surface area (Å²) in [5.74, 6) is -0.966. The SMILES string of the molecule is COC(=O)C[C@H](NC(=O)[C@H](C(C)C)n1ccc(C)cc1=O)c1cncc(-c2c(C)cccc2C)c1. The van der Waals surface area contributed by atoms with Gasteiger partial charge in [0.25, 0.3) is 5.56 Å². The lowest BCUT2D eigenvalue weighted by atomic mass is 9.94. The molecule has 3 rings (SSSR count). The summed E-state index contributed by atoms with van der Waals surface area (Å²) in [7, 11) is 1.31. The molecule has 7 nitrogen and oxygen atoms in total. The summed E-state index contributed by atoms with van der Waals surface area (Å²) in [4.78, 5) is 42.8. The van der Waals surface area contributed by atoms with Crippen LogP contribution in [-0.4, -0.2) is 28.5 Å². The van der Waals surface area contributed by atoms with Crippen molar-refractivity contribution in [1.29, 1.82) is 0 Å². The van der Waals surface area contributed by atoms with E-state index in [0.29, 0.717) is 5.56 Å². The van der Waals surface area contributed by atoms with E-state index in [0.717, 1.165) is 27.8 Å². The zero-order chi connectivity index (χ0) is 25.7. The number of esters is 1. The van der Waals surface area contributed by atoms with E-state index in [2.05, 4.69) is 10.3 Å². The van der Waals surface area contributed by atoms with Crippen molar-refractivity contribution in [1.82, 2.24) is 14.9 Å². The van der Waals surface area contributed by atoms with Gasteiger partial charge in [-0.1, -0.05) is 32.0 Å². The van der Waals surface area contributed by atoms with Crippen LogP contribution in [0.2, 0.25) is 0 Å². The van der Waals surface area contributed by atoms with E-state index in [4.69, 9.17) is 4.74 Å². The highest BCUT2D eigenvalue weighted by atomic mass is 16.5. The van der Waals surface area contributed by atoms with Gasteiger partial charge in [-0.15, -0.1) is 0 Å². The molecular formula is C28H33N3O4. The van der Waals surface area contributed by atoms with Crippen molar-refractivity contribution in [3.8, 4) is 11.1 Å². The molecule has 2 aromatic heterocycles. The Bertz CT molecular complexity index is 1260. The van der Waals surface area contributed by atoms with E-state index in [-0.39, 0.29) is 23.8 Å². The molecule has 2 heterocycles. The van der Waals surface area contributed by atoms with Crippen molar-refractivity contribution in [3.63, 3.8) is 0 Å². The van der Waals surface area contributed by atoms with Gasteiger partial charge in [0.1, 0.15) is 6.04 Å². The monoisotopic (exact) mass is 475 g/mol. The van der Waals surface area contributed by atoms with Gasteiger partial charge in [-0.05, 0) is 66.6 Å². The molecule has 35 heavy (non-hydrogen) atoms. The number of carbonyl (C=O) groups excluding carboxylic acids is 2. The number of carbonyl (C=O) groups is 2. The maximum atomic E-state index is 13.5. The van der Waals surface area contributed by atoms with Crippen LogP contribution >= 0.6 is 0 Å². The Hall–Kier alpha value is -3.74. The second-order valence-corrected chi connectivity index (χ2v) is 9.25. The molecule has 0 saturated carbocycles. The van der Waals surface area contributed by atoms with Crippen molar-refractivity contribution in [2.45, 2.75) is 53.1 Å². The first-order chi connectivity index (χ1) is 16.6. The number of hydrogen-bond acceptors (Lipinski definition) is 5. The molecule has 0 radical (unpaired) electrons. The fourth-order valence-electron chi connectivity index (χ4n) is 4.38. The molecule has 0 unspecified atom stereocenters. The molecule has 1 N–H and O–H groups in total. The average molecular weight is 476 g/mol. The van der Waals surface area contributed by atoms with E-state index >= 15 is 0 Å². The summed E-state index contributed by atoms with van der Waals surface area (Å²) in [6.45, 7) is 9.67. The van der Waals surface area contributed by atoms with Crippen molar-refractivity contribution in [3.05, 3.63) is 87.6 Å². The Morgan fingerprint density at radius 1 is 1.06 bits per heavy atom. The van der Waals surface area contributed by atoms with Crippen molar-refractivity contribution >= 4 is 11.9 Å². The molecule has 0 aliphatic heterocycles. The minimum atomic E-state index is -0.738. The van der Waals surface area contributed by atoms with Crippen molar-refractivity contribution in [2.75, 3.05) is 7.11 Å². The number of methoxy groups -OCH3 is 1. The predicted molar refractivity (Wildman–Crippen MR) is 136 cm³/mol. The second-order valence-electron chi connectivity index (χ2n) is 9.25. The first-order valence-electron chi connectivity index (χ1n) is 11.7. The van der Waals surface area contributed by atoms with Gasteiger partial charge >= 0.3 is 5.97 Å². The number of ether oxygens (including phenoxy) is 1. The average Bonchev–Trinajstić information content (AvgIpc) is 2.80. The zero-order valence-electron chi connectivity index (χ0n) is 21.2. The van der Waals surface area contributed by atoms with Gasteiger partial charge < -0.3 is 14.6 Å². The fraction of sp³-hybridized carbons (Fsp3) is 0.357. The van der Waals surface area contributed by atoms with Gasteiger partial charge in [0.15, 0.2) is 0 Å². The van der Waals surface area contributed by atoms with Crippen LogP contribution in [0.15, 0.2) is 59.8 Å². The molecule has 0 bridgehead atoms. The molecule has 0 aliphatic carbocycles. The summed E-state index contributed by atoms with van der Waals surface area (Å²) >= 11 is 0. The standard InChI is InChI=1S/C28H33N3O4/c1-17(2)27(31-11-10-18(3)12-24(31)32)28(34)30-23(14-25(33)35-6)21-13-22(16-29-15-21)26-19(4)8-7-9-20(26)5/h7-13,15-17,23,27H,14H2,1-6H3,(H,30,34)/t23-,27-/m0/s1. The Balaban J connectivity index is 2.00. The van der Waals surface area contributed by atoms with Crippen LogP contribution < -0.4 is 10.9 Å². The minimum absolute atomic E-state index is 0.0618. The lowest BCUT2D eigenvalue weighted by molar-refractivity contribution is -0.141. The number of nitrogens with one attached hydrogen (secondary N) is 1. The smallest absolute Gasteiger partial charge is 0.307 e. The molecule has 0 fully saturated rings. The summed E-state index contributed by atoms with van der Waals surface area (Å²) in [5.41, 5.74) is 5.44. The van der Waals surface area contributed by atoms with Gasteiger partial charge in [0, 0.05) is 30.2 Å². The van der Waals surface area contributed by atoms with Crippen LogP contribution in [0.5, 0.6) is 0 Å². The Morgan fingerprint density at radius 2 is 1.74 bits per heavy atom. The molecule has 184 valence electrons. The number of pyridine rings is 2. The quantitative estimate of drug-likeness (QED) is 0.486. The summed E-state index contributed by atoms with van der Waals surface area (Å²) in [5, 5.41) is 2.99. The Morgan fingerprint density at radius 3 is 2.34 bits per heavy atom. The molecule has 0 aliphatic rings. The lowest BCUT2D eigenvalue weighted by Crippen LogP contribution is -2.41. The maximum Gasteiger partial charge on any atom is 0.307 e. The van der Waals surface area contributed by atoms with Gasteiger partial charge in [-0.2, -0.15) is 0 Å². The molecule has 0 saturated heterocycles. The Labute approximate surface area is 206 Å². The first-order valence-corrected chi connectivity index (χ1v) is 11.7. The van der Waals surface area contributed by atoms with E-state index in [1.165, 1.54) is 17.7 Å². The van der Waals surface area contributed by atoms with Crippen molar-refractivity contribution in [2.24, 2.45) is 5.92 Å². The molecule has 2 atom stereocenters. The van der Waals surface area contributed by atoms with Crippen LogP contribution in [0.3, 0.4) is 0 Å². The third-order valence-corrected chi connectivity index (χ3v) is 6.15. The highest BCUT2D eigenvalue weighted by Gasteiger charge is 2.29. The highest BCUT2D eigenvalue weighted by molar-refractivity contribution is 5.82. The topological polar surface area (TPSA) is 90.3 Å². The van der Waals surface area contributed by atoms with Crippen LogP contribution in [0, 0.1) is 26.7 Å². The molecule has 0 spiro atoms.